The number of nitrogens with two attached hydrogens (primary N) is 1. The molecule has 0 aromatic carbocycles. The second-order valence-electron chi connectivity index (χ2n) is 6.27. The maximum Gasteiger partial charge on any atom is 0.225 e. The van der Waals surface area contributed by atoms with E-state index in [1.807, 2.05) is 50.3 Å². The lowest BCUT2D eigenvalue weighted by molar-refractivity contribution is 0.218. The zero-order valence-electron chi connectivity index (χ0n) is 17.0. The molecule has 0 aliphatic rings. The third-order valence-corrected chi connectivity index (χ3v) is 3.71. The van der Waals surface area contributed by atoms with Crippen molar-refractivity contribution in [3.8, 4) is 0 Å². The first kappa shape index (κ1) is 22.4. The number of aryl methyl sites for hydroxylation is 1. The van der Waals surface area contributed by atoms with E-state index in [2.05, 4.69) is 40.5 Å². The topological polar surface area (TPSA) is 85.1 Å². The van der Waals surface area contributed by atoms with E-state index in [-0.39, 0.29) is 0 Å². The summed E-state index contributed by atoms with van der Waals surface area (Å²) in [4.78, 5) is 13.9. The first-order valence-corrected chi connectivity index (χ1v) is 9.43. The lowest BCUT2D eigenvalue weighted by atomic mass is 10.2. The van der Waals surface area contributed by atoms with Crippen LogP contribution in [0, 0.1) is 6.92 Å². The summed E-state index contributed by atoms with van der Waals surface area (Å²) in [6.07, 6.45) is 15.0. The van der Waals surface area contributed by atoms with Gasteiger partial charge in [0.1, 0.15) is 11.6 Å². The van der Waals surface area contributed by atoms with E-state index in [4.69, 9.17) is 10.7 Å². The van der Waals surface area contributed by atoms with Gasteiger partial charge in [-0.2, -0.15) is 10.9 Å². The zero-order chi connectivity index (χ0) is 19.9. The molecule has 6 heteroatoms. The van der Waals surface area contributed by atoms with Crippen molar-refractivity contribution in [2.45, 2.75) is 47.0 Å². The number of nitrogens with zero attached hydrogens (tertiary/aromatic N) is 2. The fourth-order valence-corrected chi connectivity index (χ4v) is 2.20. The molecule has 0 atom stereocenters. The summed E-state index contributed by atoms with van der Waals surface area (Å²) in [6, 6.07) is 1.94. The predicted molar refractivity (Wildman–Crippen MR) is 114 cm³/mol. The van der Waals surface area contributed by atoms with E-state index in [0.29, 0.717) is 18.3 Å². The van der Waals surface area contributed by atoms with Crippen LogP contribution in [0.4, 0.5) is 11.8 Å². The fourth-order valence-electron chi connectivity index (χ4n) is 2.20. The zero-order valence-corrected chi connectivity index (χ0v) is 17.0. The van der Waals surface area contributed by atoms with Gasteiger partial charge in [-0.05, 0) is 39.7 Å². The summed E-state index contributed by atoms with van der Waals surface area (Å²) >= 11 is 0. The van der Waals surface area contributed by atoms with Crippen molar-refractivity contribution in [3.05, 3.63) is 59.5 Å². The molecule has 1 heterocycles. The highest BCUT2D eigenvalue weighted by molar-refractivity contribution is 5.42. The summed E-state index contributed by atoms with van der Waals surface area (Å²) in [7, 11) is 0. The fraction of sp³-hybridized carbons (Fsp3) is 0.429. The van der Waals surface area contributed by atoms with Crippen molar-refractivity contribution >= 4 is 11.8 Å². The van der Waals surface area contributed by atoms with Gasteiger partial charge in [0.05, 0.1) is 6.54 Å². The van der Waals surface area contributed by atoms with Crippen molar-refractivity contribution in [3.63, 3.8) is 0 Å². The predicted octanol–water partition coefficient (Wildman–Crippen LogP) is 4.65. The molecule has 0 aliphatic heterocycles. The minimum absolute atomic E-state index is 0.427. The van der Waals surface area contributed by atoms with E-state index in [9.17, 15) is 0 Å². The second kappa shape index (κ2) is 13.6. The van der Waals surface area contributed by atoms with E-state index in [0.717, 1.165) is 37.3 Å². The third kappa shape index (κ3) is 10.2. The Hall–Kier alpha value is -2.60. The van der Waals surface area contributed by atoms with Gasteiger partial charge in [0.15, 0.2) is 0 Å². The molecule has 6 nitrogen and oxygen atoms in total. The average molecular weight is 372 g/mol. The molecule has 1 aromatic rings. The van der Waals surface area contributed by atoms with E-state index in [1.165, 1.54) is 5.57 Å². The van der Waals surface area contributed by atoms with Crippen LogP contribution in [0.1, 0.15) is 45.7 Å². The van der Waals surface area contributed by atoms with Gasteiger partial charge in [-0.15, -0.1) is 0 Å². The number of hydrogen-bond donors (Lipinski definition) is 3. The van der Waals surface area contributed by atoms with Crippen LogP contribution in [0.3, 0.4) is 0 Å². The van der Waals surface area contributed by atoms with Crippen LogP contribution in [0.15, 0.2) is 53.9 Å². The quantitative estimate of drug-likeness (QED) is 0.215. The van der Waals surface area contributed by atoms with Gasteiger partial charge >= 0.3 is 0 Å². The number of allylic oxidation sites excluding steroid dienone is 7. The Bertz CT molecular complexity index is 677. The SMILES string of the molecule is C\C=C/C=C\C=C(/C)C/C=C(/CNc1nc(C)cc(NCCCC)n1)ON. The molecule has 0 radical (unpaired) electrons. The largest absolute Gasteiger partial charge is 0.414 e. The molecule has 4 N–H and O–H groups in total. The minimum Gasteiger partial charge on any atom is -0.414 e. The van der Waals surface area contributed by atoms with Crippen molar-refractivity contribution in [1.82, 2.24) is 9.97 Å². The number of rotatable bonds is 12. The molecule has 0 fully saturated rings. The molecule has 0 bridgehead atoms. The standard InChI is InChI=1S/C21H33N5O/c1-5-7-9-10-11-17(3)12-13-19(27-22)16-24-21-25-18(4)15-20(26-21)23-14-8-6-2/h5,7,9-11,13,15H,6,8,12,14,16,22H2,1-4H3,(H2,23,24,25,26)/b7-5-,10-9-,17-11+,19-13-. The Morgan fingerprint density at radius 3 is 2.74 bits per heavy atom. The van der Waals surface area contributed by atoms with Gasteiger partial charge in [0.25, 0.3) is 0 Å². The number of unbranched alkanes of at least 4 members (excludes halogenated alkanes) is 1. The Kier molecular flexibility index (Phi) is 11.3. The molecule has 148 valence electrons. The normalized spacial score (nSPS) is 12.8. The molecular weight excluding hydrogens is 338 g/mol. The Balaban J connectivity index is 2.62. The lowest BCUT2D eigenvalue weighted by Crippen LogP contribution is -2.14. The van der Waals surface area contributed by atoms with Crippen LogP contribution in [0.25, 0.3) is 0 Å². The van der Waals surface area contributed by atoms with Crippen LogP contribution in [-0.4, -0.2) is 23.1 Å². The first-order chi connectivity index (χ1) is 13.1. The highest BCUT2D eigenvalue weighted by Gasteiger charge is 2.04. The third-order valence-electron chi connectivity index (χ3n) is 3.71. The molecule has 0 aliphatic carbocycles. The van der Waals surface area contributed by atoms with E-state index >= 15 is 0 Å². The maximum atomic E-state index is 5.40. The molecule has 1 rings (SSSR count). The van der Waals surface area contributed by atoms with Crippen LogP contribution in [-0.2, 0) is 4.84 Å². The van der Waals surface area contributed by atoms with Crippen LogP contribution >= 0.6 is 0 Å². The Labute approximate surface area is 163 Å². The monoisotopic (exact) mass is 371 g/mol. The highest BCUT2D eigenvalue weighted by atomic mass is 16.6. The molecule has 0 saturated carbocycles. The molecule has 1 aromatic heterocycles. The van der Waals surface area contributed by atoms with Gasteiger partial charge in [0, 0.05) is 18.3 Å². The first-order valence-electron chi connectivity index (χ1n) is 9.43. The molecule has 0 unspecified atom stereocenters. The van der Waals surface area contributed by atoms with E-state index < -0.39 is 0 Å². The molecule has 0 spiro atoms. The van der Waals surface area contributed by atoms with Gasteiger partial charge in [0.2, 0.25) is 5.95 Å². The number of hydrogen-bond acceptors (Lipinski definition) is 6. The number of anilines is 2. The van der Waals surface area contributed by atoms with Gasteiger partial charge < -0.3 is 15.5 Å². The van der Waals surface area contributed by atoms with Crippen molar-refractivity contribution in [1.29, 1.82) is 0 Å². The van der Waals surface area contributed by atoms with Crippen molar-refractivity contribution in [2.75, 3.05) is 23.7 Å². The van der Waals surface area contributed by atoms with Gasteiger partial charge in [-0.1, -0.05) is 49.3 Å². The smallest absolute Gasteiger partial charge is 0.225 e. The molecular formula is C21H33N5O. The maximum absolute atomic E-state index is 5.40. The highest BCUT2D eigenvalue weighted by Crippen LogP contribution is 2.11. The molecule has 0 saturated heterocycles. The molecule has 0 amide bonds. The van der Waals surface area contributed by atoms with E-state index in [1.54, 1.807) is 0 Å². The second-order valence-corrected chi connectivity index (χ2v) is 6.27. The van der Waals surface area contributed by atoms with Crippen molar-refractivity contribution in [2.24, 2.45) is 5.90 Å². The molecule has 27 heavy (non-hydrogen) atoms. The van der Waals surface area contributed by atoms with Gasteiger partial charge in [-0.3, -0.25) is 0 Å². The van der Waals surface area contributed by atoms with Crippen molar-refractivity contribution < 1.29 is 4.84 Å². The summed E-state index contributed by atoms with van der Waals surface area (Å²) in [5.41, 5.74) is 2.11. The Morgan fingerprint density at radius 1 is 1.22 bits per heavy atom. The van der Waals surface area contributed by atoms with Crippen LogP contribution < -0.4 is 16.5 Å². The lowest BCUT2D eigenvalue weighted by Gasteiger charge is -2.11. The summed E-state index contributed by atoms with van der Waals surface area (Å²) in [6.45, 7) is 9.49. The number of nitrogens with one attached hydrogen (secondary N) is 2. The summed E-state index contributed by atoms with van der Waals surface area (Å²) in [5, 5.41) is 6.49. The number of aromatic nitrogens is 2. The minimum atomic E-state index is 0.427. The van der Waals surface area contributed by atoms with Crippen LogP contribution in [0.2, 0.25) is 0 Å². The summed E-state index contributed by atoms with van der Waals surface area (Å²) in [5.74, 6) is 7.42. The van der Waals surface area contributed by atoms with Gasteiger partial charge in [-0.25, -0.2) is 4.98 Å². The van der Waals surface area contributed by atoms with Crippen LogP contribution in [0.5, 0.6) is 0 Å². The average Bonchev–Trinajstić information content (AvgIpc) is 2.65. The summed E-state index contributed by atoms with van der Waals surface area (Å²) < 4.78 is 0. The Morgan fingerprint density at radius 2 is 2.04 bits per heavy atom.